The molecule has 1 aliphatic heterocycles. The number of aromatic carboxylic acids is 1. The van der Waals surface area contributed by atoms with Crippen LogP contribution in [0.25, 0.3) is 0 Å². The van der Waals surface area contributed by atoms with E-state index in [1.54, 1.807) is 38.1 Å². The number of alkyl halides is 2. The maximum absolute atomic E-state index is 13.2. The molecule has 184 valence electrons. The number of morpholine rings is 1. The van der Waals surface area contributed by atoms with Crippen LogP contribution in [-0.4, -0.2) is 54.8 Å². The van der Waals surface area contributed by atoms with Crippen molar-refractivity contribution in [3.05, 3.63) is 53.1 Å². The maximum Gasteiger partial charge on any atom is 0.337 e. The number of ether oxygens (including phenoxy) is 2. The van der Waals surface area contributed by atoms with E-state index >= 15 is 0 Å². The van der Waals surface area contributed by atoms with Gasteiger partial charge in [0, 0.05) is 18.8 Å². The Bertz CT molecular complexity index is 1020. The lowest BCUT2D eigenvalue weighted by Gasteiger charge is -2.37. The number of carbonyl (C=O) groups is 2. The lowest BCUT2D eigenvalue weighted by molar-refractivity contribution is -0.124. The monoisotopic (exact) mass is 476 g/mol. The Morgan fingerprint density at radius 1 is 1.15 bits per heavy atom. The second kappa shape index (κ2) is 10.8. The van der Waals surface area contributed by atoms with Crippen LogP contribution in [0.15, 0.2) is 36.4 Å². The molecule has 1 saturated heterocycles. The van der Waals surface area contributed by atoms with E-state index in [2.05, 4.69) is 5.32 Å². The first-order valence-corrected chi connectivity index (χ1v) is 11.1. The first-order valence-electron chi connectivity index (χ1n) is 11.1. The van der Waals surface area contributed by atoms with E-state index in [1.165, 1.54) is 12.1 Å². The minimum Gasteiger partial charge on any atom is -0.480 e. The summed E-state index contributed by atoms with van der Waals surface area (Å²) in [4.78, 5) is 26.9. The number of benzene rings is 2. The third-order valence-corrected chi connectivity index (χ3v) is 5.63. The van der Waals surface area contributed by atoms with Gasteiger partial charge in [-0.25, -0.2) is 13.6 Å². The predicted octanol–water partition coefficient (Wildman–Crippen LogP) is 4.66. The van der Waals surface area contributed by atoms with Crippen molar-refractivity contribution in [3.8, 4) is 5.75 Å². The van der Waals surface area contributed by atoms with Gasteiger partial charge in [0.1, 0.15) is 5.75 Å². The third kappa shape index (κ3) is 6.22. The van der Waals surface area contributed by atoms with E-state index in [0.717, 1.165) is 0 Å². The molecule has 2 aromatic rings. The minimum absolute atomic E-state index is 0.0139. The second-order valence-corrected chi connectivity index (χ2v) is 8.64. The Balaban J connectivity index is 1.85. The summed E-state index contributed by atoms with van der Waals surface area (Å²) in [5, 5.41) is 12.2. The molecule has 34 heavy (non-hydrogen) atoms. The van der Waals surface area contributed by atoms with Crippen LogP contribution in [0.3, 0.4) is 0 Å². The van der Waals surface area contributed by atoms with Gasteiger partial charge in [0.05, 0.1) is 29.9 Å². The topological polar surface area (TPSA) is 88.1 Å². The molecule has 0 saturated carbocycles. The zero-order valence-corrected chi connectivity index (χ0v) is 19.7. The lowest BCUT2D eigenvalue weighted by Crippen LogP contribution is -2.45. The average molecular weight is 477 g/mol. The third-order valence-electron chi connectivity index (χ3n) is 5.63. The normalized spacial score (nSPS) is 19.1. The largest absolute Gasteiger partial charge is 0.480 e. The maximum atomic E-state index is 13.2. The van der Waals surface area contributed by atoms with Gasteiger partial charge in [-0.15, -0.1) is 0 Å². The standard InChI is InChI=1S/C25H30F2N2O5/c1-14-6-5-7-15(2)23(14)34-21(11-22(26)27)24(30)28-20-9-8-18(10-19(20)25(31)32)29-12-16(3)33-17(4)13-29/h5-10,16-17,21-22H,11-13H2,1-4H3,(H,28,30)(H,31,32)/t16-,17?,21-/m0/s1. The van der Waals surface area contributed by atoms with Crippen LogP contribution in [-0.2, 0) is 9.53 Å². The first-order chi connectivity index (χ1) is 16.0. The van der Waals surface area contributed by atoms with Gasteiger partial charge in [0.25, 0.3) is 5.91 Å². The molecule has 9 heteroatoms. The van der Waals surface area contributed by atoms with Gasteiger partial charge < -0.3 is 24.8 Å². The Kier molecular flexibility index (Phi) is 8.09. The van der Waals surface area contributed by atoms with Crippen molar-refractivity contribution in [1.82, 2.24) is 0 Å². The number of halogens is 2. The molecule has 3 rings (SSSR count). The molecule has 2 N–H and O–H groups in total. The number of para-hydroxylation sites is 1. The van der Waals surface area contributed by atoms with E-state index in [0.29, 0.717) is 35.7 Å². The van der Waals surface area contributed by atoms with Gasteiger partial charge in [-0.05, 0) is 57.0 Å². The van der Waals surface area contributed by atoms with Crippen LogP contribution in [0.2, 0.25) is 0 Å². The van der Waals surface area contributed by atoms with Crippen LogP contribution < -0.4 is 15.0 Å². The highest BCUT2D eigenvalue weighted by atomic mass is 19.3. The van der Waals surface area contributed by atoms with Crippen molar-refractivity contribution in [2.45, 2.75) is 58.9 Å². The molecule has 1 heterocycles. The minimum atomic E-state index is -2.79. The number of carbonyl (C=O) groups excluding carboxylic acids is 1. The summed E-state index contributed by atoms with van der Waals surface area (Å²) >= 11 is 0. The average Bonchev–Trinajstić information content (AvgIpc) is 2.74. The van der Waals surface area contributed by atoms with Crippen molar-refractivity contribution in [3.63, 3.8) is 0 Å². The van der Waals surface area contributed by atoms with E-state index in [9.17, 15) is 23.5 Å². The van der Waals surface area contributed by atoms with Crippen LogP contribution in [0.5, 0.6) is 5.75 Å². The highest BCUT2D eigenvalue weighted by Gasteiger charge is 2.28. The number of amides is 1. The van der Waals surface area contributed by atoms with Crippen molar-refractivity contribution >= 4 is 23.3 Å². The summed E-state index contributed by atoms with van der Waals surface area (Å²) in [5.41, 5.74) is 1.96. The number of aryl methyl sites for hydroxylation is 2. The number of anilines is 2. The molecule has 1 aliphatic rings. The van der Waals surface area contributed by atoms with E-state index in [-0.39, 0.29) is 23.5 Å². The van der Waals surface area contributed by atoms with Gasteiger partial charge in [0.15, 0.2) is 6.10 Å². The van der Waals surface area contributed by atoms with Gasteiger partial charge in [-0.3, -0.25) is 4.79 Å². The molecule has 0 spiro atoms. The van der Waals surface area contributed by atoms with Crippen LogP contribution in [0.4, 0.5) is 20.2 Å². The zero-order chi connectivity index (χ0) is 25.0. The second-order valence-electron chi connectivity index (χ2n) is 8.64. The summed E-state index contributed by atoms with van der Waals surface area (Å²) in [7, 11) is 0. The molecule has 2 aromatic carbocycles. The van der Waals surface area contributed by atoms with Crippen LogP contribution >= 0.6 is 0 Å². The Hall–Kier alpha value is -3.20. The molecular formula is C25H30F2N2O5. The molecule has 0 radical (unpaired) electrons. The zero-order valence-electron chi connectivity index (χ0n) is 19.7. The number of carboxylic acids is 1. The predicted molar refractivity (Wildman–Crippen MR) is 125 cm³/mol. The van der Waals surface area contributed by atoms with Gasteiger partial charge >= 0.3 is 5.97 Å². The fraction of sp³-hybridized carbons (Fsp3) is 0.440. The summed E-state index contributed by atoms with van der Waals surface area (Å²) < 4.78 is 37.9. The summed E-state index contributed by atoms with van der Waals surface area (Å²) in [6.07, 6.45) is -5.15. The Morgan fingerprint density at radius 3 is 2.32 bits per heavy atom. The van der Waals surface area contributed by atoms with Crippen molar-refractivity contribution in [1.29, 1.82) is 0 Å². The Morgan fingerprint density at radius 2 is 1.76 bits per heavy atom. The Labute approximate surface area is 197 Å². The summed E-state index contributed by atoms with van der Waals surface area (Å²) in [5.74, 6) is -1.73. The highest BCUT2D eigenvalue weighted by molar-refractivity contribution is 6.02. The quantitative estimate of drug-likeness (QED) is 0.576. The van der Waals surface area contributed by atoms with E-state index in [1.807, 2.05) is 18.7 Å². The number of carboxylic acid groups (broad SMARTS) is 1. The van der Waals surface area contributed by atoms with E-state index in [4.69, 9.17) is 9.47 Å². The molecule has 3 atom stereocenters. The first kappa shape index (κ1) is 25.4. The molecule has 0 aromatic heterocycles. The van der Waals surface area contributed by atoms with Crippen LogP contribution in [0.1, 0.15) is 41.8 Å². The van der Waals surface area contributed by atoms with Gasteiger partial charge in [0.2, 0.25) is 6.43 Å². The molecule has 1 amide bonds. The van der Waals surface area contributed by atoms with Crippen LogP contribution in [0, 0.1) is 13.8 Å². The van der Waals surface area contributed by atoms with Crippen molar-refractivity contribution in [2.24, 2.45) is 0 Å². The number of nitrogens with one attached hydrogen (secondary N) is 1. The molecule has 7 nitrogen and oxygen atoms in total. The number of hydrogen-bond donors (Lipinski definition) is 2. The van der Waals surface area contributed by atoms with Gasteiger partial charge in [-0.1, -0.05) is 18.2 Å². The number of nitrogens with zero attached hydrogens (tertiary/aromatic N) is 1. The highest BCUT2D eigenvalue weighted by Crippen LogP contribution is 2.28. The smallest absolute Gasteiger partial charge is 0.337 e. The fourth-order valence-corrected chi connectivity index (χ4v) is 4.11. The fourth-order valence-electron chi connectivity index (χ4n) is 4.11. The summed E-state index contributed by atoms with van der Waals surface area (Å²) in [6.45, 7) is 8.58. The molecular weight excluding hydrogens is 446 g/mol. The molecule has 0 aliphatic carbocycles. The molecule has 1 fully saturated rings. The summed E-state index contributed by atoms with van der Waals surface area (Å²) in [6, 6.07) is 9.96. The van der Waals surface area contributed by atoms with Crippen molar-refractivity contribution < 1.29 is 33.0 Å². The van der Waals surface area contributed by atoms with E-state index < -0.39 is 30.8 Å². The number of rotatable bonds is 8. The molecule has 0 bridgehead atoms. The van der Waals surface area contributed by atoms with Crippen molar-refractivity contribution in [2.75, 3.05) is 23.3 Å². The SMILES string of the molecule is Cc1cccc(C)c1O[C@@H](CC(F)F)C(=O)Nc1ccc(N2CC(C)O[C@@H](C)C2)cc1C(=O)O. The van der Waals surface area contributed by atoms with Gasteiger partial charge in [-0.2, -0.15) is 0 Å². The molecule has 1 unspecified atom stereocenters. The lowest BCUT2D eigenvalue weighted by atomic mass is 10.1. The number of hydrogen-bond acceptors (Lipinski definition) is 5.